The third-order valence-electron chi connectivity index (χ3n) is 5.22. The Balaban J connectivity index is 1.75. The average molecular weight is 440 g/mol. The Morgan fingerprint density at radius 2 is 1.78 bits per heavy atom. The first kappa shape index (κ1) is 23.2. The van der Waals surface area contributed by atoms with E-state index < -0.39 is 18.1 Å². The quantitative estimate of drug-likeness (QED) is 0.603. The van der Waals surface area contributed by atoms with Crippen LogP contribution in [-0.4, -0.2) is 60.6 Å². The molecule has 1 aliphatic rings. The van der Waals surface area contributed by atoms with E-state index in [4.69, 9.17) is 10.5 Å². The number of methoxy groups -OCH3 is 1. The van der Waals surface area contributed by atoms with Crippen LogP contribution in [-0.2, 0) is 27.4 Å². The highest BCUT2D eigenvalue weighted by Crippen LogP contribution is 2.19. The van der Waals surface area contributed by atoms with Gasteiger partial charge >= 0.3 is 6.03 Å². The highest BCUT2D eigenvalue weighted by molar-refractivity contribution is 5.96. The van der Waals surface area contributed by atoms with Gasteiger partial charge in [0.15, 0.2) is 6.17 Å². The van der Waals surface area contributed by atoms with E-state index in [0.29, 0.717) is 12.2 Å². The van der Waals surface area contributed by atoms with Crippen LogP contribution >= 0.6 is 0 Å². The van der Waals surface area contributed by atoms with Gasteiger partial charge in [0, 0.05) is 39.0 Å². The second-order valence-corrected chi connectivity index (χ2v) is 7.63. The van der Waals surface area contributed by atoms with E-state index in [1.165, 1.54) is 16.9 Å². The van der Waals surface area contributed by atoms with E-state index >= 15 is 0 Å². The number of nitrogens with zero attached hydrogens (tertiary/aromatic N) is 2. The number of aryl methyl sites for hydroxylation is 1. The van der Waals surface area contributed by atoms with Crippen LogP contribution in [0.1, 0.15) is 16.7 Å². The Hall–Kier alpha value is -3.43. The zero-order valence-electron chi connectivity index (χ0n) is 18.3. The van der Waals surface area contributed by atoms with Crippen LogP contribution in [0.3, 0.4) is 0 Å². The number of rotatable bonds is 7. The molecule has 1 saturated heterocycles. The monoisotopic (exact) mass is 439 g/mol. The first-order chi connectivity index (χ1) is 15.4. The van der Waals surface area contributed by atoms with E-state index in [1.807, 2.05) is 49.4 Å². The molecule has 0 aromatic heterocycles. The van der Waals surface area contributed by atoms with Crippen LogP contribution in [0.2, 0.25) is 0 Å². The molecule has 1 unspecified atom stereocenters. The van der Waals surface area contributed by atoms with Gasteiger partial charge in [0.25, 0.3) is 11.8 Å². The van der Waals surface area contributed by atoms with Crippen LogP contribution in [0, 0.1) is 6.92 Å². The normalized spacial score (nSPS) is 15.5. The fourth-order valence-corrected chi connectivity index (χ4v) is 3.66. The largest absolute Gasteiger partial charge is 0.375 e. The topological polar surface area (TPSA) is 117 Å². The highest BCUT2D eigenvalue weighted by Gasteiger charge is 2.42. The van der Waals surface area contributed by atoms with Gasteiger partial charge in [-0.05, 0) is 35.7 Å². The first-order valence-corrected chi connectivity index (χ1v) is 10.4. The zero-order valence-corrected chi connectivity index (χ0v) is 18.3. The van der Waals surface area contributed by atoms with Gasteiger partial charge < -0.3 is 26.0 Å². The molecule has 0 spiro atoms. The number of hydrogen-bond donors (Lipinski definition) is 3. The van der Waals surface area contributed by atoms with Crippen molar-refractivity contribution < 1.29 is 19.1 Å². The molecule has 0 radical (unpaired) electrons. The lowest BCUT2D eigenvalue weighted by Crippen LogP contribution is -2.55. The molecule has 1 atom stereocenters. The third-order valence-corrected chi connectivity index (χ3v) is 5.22. The second kappa shape index (κ2) is 10.7. The summed E-state index contributed by atoms with van der Waals surface area (Å²) < 4.78 is 4.95. The van der Waals surface area contributed by atoms with Crippen LogP contribution in [0.25, 0.3) is 0 Å². The number of nitrogens with one attached hydrogen (secondary N) is 2. The molecule has 3 rings (SSSR count). The summed E-state index contributed by atoms with van der Waals surface area (Å²) in [6, 6.07) is 14.5. The van der Waals surface area contributed by atoms with Crippen LogP contribution < -0.4 is 16.4 Å². The van der Waals surface area contributed by atoms with Gasteiger partial charge in [0.1, 0.15) is 6.61 Å². The summed E-state index contributed by atoms with van der Waals surface area (Å²) in [4.78, 5) is 41.4. The van der Waals surface area contributed by atoms with Gasteiger partial charge in [-0.2, -0.15) is 0 Å². The Bertz CT molecular complexity index is 980. The lowest BCUT2D eigenvalue weighted by Gasteiger charge is -2.29. The lowest BCUT2D eigenvalue weighted by atomic mass is 10.1. The van der Waals surface area contributed by atoms with Gasteiger partial charge in [-0.3, -0.25) is 14.5 Å². The summed E-state index contributed by atoms with van der Waals surface area (Å²) in [7, 11) is 1.41. The number of benzene rings is 2. The summed E-state index contributed by atoms with van der Waals surface area (Å²) in [5, 5.41) is 5.65. The van der Waals surface area contributed by atoms with Crippen molar-refractivity contribution in [2.45, 2.75) is 26.2 Å². The fourth-order valence-electron chi connectivity index (χ4n) is 3.66. The van der Waals surface area contributed by atoms with Gasteiger partial charge in [-0.15, -0.1) is 0 Å². The molecule has 4 amide bonds. The van der Waals surface area contributed by atoms with Crippen molar-refractivity contribution in [3.63, 3.8) is 0 Å². The summed E-state index contributed by atoms with van der Waals surface area (Å²) in [5.74, 6) is -0.798. The number of ether oxygens (including phenoxy) is 1. The summed E-state index contributed by atoms with van der Waals surface area (Å²) in [6.45, 7) is 2.87. The fraction of sp³-hybridized carbons (Fsp3) is 0.348. The number of amides is 4. The number of urea groups is 1. The minimum Gasteiger partial charge on any atom is -0.375 e. The summed E-state index contributed by atoms with van der Waals surface area (Å²) in [6.07, 6.45) is -1.07. The van der Waals surface area contributed by atoms with Crippen molar-refractivity contribution in [1.29, 1.82) is 0 Å². The number of nitrogens with two attached hydrogens (primary N) is 1. The molecule has 4 N–H and O–H groups in total. The molecule has 0 saturated carbocycles. The number of carbonyl (C=O) groups is 3. The summed E-state index contributed by atoms with van der Waals surface area (Å²) in [5.41, 5.74) is 9.13. The molecule has 0 aliphatic carbocycles. The van der Waals surface area contributed by atoms with E-state index in [1.54, 1.807) is 6.07 Å². The maximum absolute atomic E-state index is 13.1. The SMILES string of the molecule is COCC(=O)N1CCN(C(=O)Nc2cccc(C)c2)C1C(=O)NCc1cccc(CN)c1. The van der Waals surface area contributed by atoms with E-state index in [9.17, 15) is 14.4 Å². The molecule has 9 nitrogen and oxygen atoms in total. The van der Waals surface area contributed by atoms with Crippen LogP contribution in [0.15, 0.2) is 48.5 Å². The predicted octanol–water partition coefficient (Wildman–Crippen LogP) is 1.42. The van der Waals surface area contributed by atoms with E-state index in [-0.39, 0.29) is 32.1 Å². The number of anilines is 1. The summed E-state index contributed by atoms with van der Waals surface area (Å²) >= 11 is 0. The molecule has 0 bridgehead atoms. The van der Waals surface area contributed by atoms with E-state index in [0.717, 1.165) is 16.7 Å². The highest BCUT2D eigenvalue weighted by atomic mass is 16.5. The van der Waals surface area contributed by atoms with Gasteiger partial charge in [0.2, 0.25) is 0 Å². The molecular formula is C23H29N5O4. The number of hydrogen-bond acceptors (Lipinski definition) is 5. The first-order valence-electron chi connectivity index (χ1n) is 10.4. The Labute approximate surface area is 187 Å². The molecule has 2 aromatic rings. The van der Waals surface area contributed by atoms with Gasteiger partial charge in [-0.1, -0.05) is 36.4 Å². The Morgan fingerprint density at radius 1 is 1.06 bits per heavy atom. The molecule has 1 aliphatic heterocycles. The molecule has 170 valence electrons. The van der Waals surface area contributed by atoms with Gasteiger partial charge in [0.05, 0.1) is 0 Å². The molecule has 1 fully saturated rings. The van der Waals surface area contributed by atoms with Crippen molar-refractivity contribution in [1.82, 2.24) is 15.1 Å². The van der Waals surface area contributed by atoms with Crippen molar-refractivity contribution in [3.8, 4) is 0 Å². The van der Waals surface area contributed by atoms with Crippen LogP contribution in [0.5, 0.6) is 0 Å². The zero-order chi connectivity index (χ0) is 23.1. The number of carbonyl (C=O) groups excluding carboxylic acids is 3. The van der Waals surface area contributed by atoms with Crippen molar-refractivity contribution >= 4 is 23.5 Å². The standard InChI is InChI=1S/C23H29N5O4/c1-16-5-3-8-19(11-16)26-23(31)28-10-9-27(20(29)15-32-2)22(28)21(30)25-14-18-7-4-6-17(12-18)13-24/h3-8,11-12,22H,9-10,13-15,24H2,1-2H3,(H,25,30)(H,26,31). The van der Waals surface area contributed by atoms with Crippen molar-refractivity contribution in [2.24, 2.45) is 5.73 Å². The predicted molar refractivity (Wildman–Crippen MR) is 120 cm³/mol. The van der Waals surface area contributed by atoms with Gasteiger partial charge in [-0.25, -0.2) is 4.79 Å². The minimum absolute atomic E-state index is 0.171. The molecule has 1 heterocycles. The maximum Gasteiger partial charge on any atom is 0.323 e. The Morgan fingerprint density at radius 3 is 2.50 bits per heavy atom. The molecular weight excluding hydrogens is 410 g/mol. The maximum atomic E-state index is 13.1. The molecule has 9 heteroatoms. The third kappa shape index (κ3) is 5.63. The lowest BCUT2D eigenvalue weighted by molar-refractivity contribution is -0.143. The second-order valence-electron chi connectivity index (χ2n) is 7.63. The Kier molecular flexibility index (Phi) is 7.80. The van der Waals surface area contributed by atoms with Crippen molar-refractivity contribution in [3.05, 3.63) is 65.2 Å². The average Bonchev–Trinajstić information content (AvgIpc) is 3.23. The minimum atomic E-state index is -1.07. The molecule has 2 aromatic carbocycles. The smallest absolute Gasteiger partial charge is 0.323 e. The van der Waals surface area contributed by atoms with Crippen molar-refractivity contribution in [2.75, 3.05) is 32.1 Å². The van der Waals surface area contributed by atoms with E-state index in [2.05, 4.69) is 10.6 Å². The van der Waals surface area contributed by atoms with Crippen LogP contribution in [0.4, 0.5) is 10.5 Å². The molecule has 32 heavy (non-hydrogen) atoms.